The zero-order chi connectivity index (χ0) is 19.4. The van der Waals surface area contributed by atoms with Crippen LogP contribution in [0.2, 0.25) is 18.1 Å². The molecule has 0 aliphatic carbocycles. The number of carboxylic acids is 2. The van der Waals surface area contributed by atoms with E-state index in [-0.39, 0.29) is 22.7 Å². The molecule has 0 unspecified atom stereocenters. The van der Waals surface area contributed by atoms with E-state index in [0.29, 0.717) is 18.6 Å². The minimum absolute atomic E-state index is 0.134. The van der Waals surface area contributed by atoms with E-state index >= 15 is 0 Å². The Labute approximate surface area is 150 Å². The van der Waals surface area contributed by atoms with Crippen molar-refractivity contribution in [2.75, 3.05) is 6.61 Å². The topological polar surface area (TPSA) is 110 Å². The van der Waals surface area contributed by atoms with Crippen molar-refractivity contribution in [2.45, 2.75) is 58.3 Å². The van der Waals surface area contributed by atoms with E-state index < -0.39 is 20.3 Å². The number of rotatable bonds is 8. The van der Waals surface area contributed by atoms with Gasteiger partial charge in [0.25, 0.3) is 0 Å². The summed E-state index contributed by atoms with van der Waals surface area (Å²) in [6.45, 7) is 11.6. The SMILES string of the molecule is CC(C)(C)[Si](C)(C)OCCCc1cc(C(=O)O)c(C(=O)O)cc1CN. The summed E-state index contributed by atoms with van der Waals surface area (Å²) in [6, 6.07) is 2.80. The first kappa shape index (κ1) is 21.3. The van der Waals surface area contributed by atoms with Gasteiger partial charge in [-0.15, -0.1) is 0 Å². The van der Waals surface area contributed by atoms with Crippen LogP contribution in [0.5, 0.6) is 0 Å². The molecule has 0 bridgehead atoms. The first-order valence-corrected chi connectivity index (χ1v) is 11.3. The summed E-state index contributed by atoms with van der Waals surface area (Å²) in [5, 5.41) is 18.6. The second kappa shape index (κ2) is 8.12. The molecule has 1 aromatic rings. The van der Waals surface area contributed by atoms with Crippen molar-refractivity contribution < 1.29 is 24.2 Å². The van der Waals surface area contributed by atoms with Crippen LogP contribution in [0.25, 0.3) is 0 Å². The van der Waals surface area contributed by atoms with Crippen LogP contribution < -0.4 is 5.73 Å². The second-order valence-electron chi connectivity index (χ2n) is 7.69. The molecule has 1 rings (SSSR count). The molecule has 0 aliphatic rings. The van der Waals surface area contributed by atoms with Gasteiger partial charge in [0.2, 0.25) is 0 Å². The highest BCUT2D eigenvalue weighted by Crippen LogP contribution is 2.36. The number of aromatic carboxylic acids is 2. The normalized spacial score (nSPS) is 12.2. The zero-order valence-electron chi connectivity index (χ0n) is 15.7. The van der Waals surface area contributed by atoms with E-state index in [1.807, 2.05) is 0 Å². The van der Waals surface area contributed by atoms with Crippen molar-refractivity contribution >= 4 is 20.3 Å². The number of hydrogen-bond donors (Lipinski definition) is 3. The largest absolute Gasteiger partial charge is 0.478 e. The third-order valence-corrected chi connectivity index (χ3v) is 9.42. The fraction of sp³-hybridized carbons (Fsp3) is 0.556. The van der Waals surface area contributed by atoms with Crippen LogP contribution in [0.4, 0.5) is 0 Å². The monoisotopic (exact) mass is 367 g/mol. The molecule has 4 N–H and O–H groups in total. The first-order valence-electron chi connectivity index (χ1n) is 8.37. The van der Waals surface area contributed by atoms with Crippen LogP contribution in [0.15, 0.2) is 12.1 Å². The zero-order valence-corrected chi connectivity index (χ0v) is 16.7. The second-order valence-corrected chi connectivity index (χ2v) is 12.5. The smallest absolute Gasteiger partial charge is 0.336 e. The molecule has 6 nitrogen and oxygen atoms in total. The van der Waals surface area contributed by atoms with Crippen molar-refractivity contribution in [3.8, 4) is 0 Å². The Balaban J connectivity index is 2.90. The van der Waals surface area contributed by atoms with Crippen LogP contribution in [0.1, 0.15) is 59.0 Å². The minimum Gasteiger partial charge on any atom is -0.478 e. The minimum atomic E-state index is -1.81. The third kappa shape index (κ3) is 5.39. The lowest BCUT2D eigenvalue weighted by Crippen LogP contribution is -2.41. The van der Waals surface area contributed by atoms with E-state index in [2.05, 4.69) is 33.9 Å². The molecule has 0 amide bonds. The highest BCUT2D eigenvalue weighted by Gasteiger charge is 2.36. The quantitative estimate of drug-likeness (QED) is 0.479. The molecule has 25 heavy (non-hydrogen) atoms. The number of carboxylic acid groups (broad SMARTS) is 2. The molecule has 0 saturated heterocycles. The first-order chi connectivity index (χ1) is 11.4. The lowest BCUT2D eigenvalue weighted by atomic mass is 9.95. The van der Waals surface area contributed by atoms with Gasteiger partial charge >= 0.3 is 11.9 Å². The van der Waals surface area contributed by atoms with E-state index in [0.717, 1.165) is 12.0 Å². The van der Waals surface area contributed by atoms with Crippen molar-refractivity contribution in [2.24, 2.45) is 5.73 Å². The van der Waals surface area contributed by atoms with Gasteiger partial charge in [0, 0.05) is 13.2 Å². The Morgan fingerprint density at radius 1 is 1.08 bits per heavy atom. The Morgan fingerprint density at radius 2 is 1.56 bits per heavy atom. The van der Waals surface area contributed by atoms with Crippen LogP contribution in [-0.2, 0) is 17.4 Å². The highest BCUT2D eigenvalue weighted by molar-refractivity contribution is 6.74. The van der Waals surface area contributed by atoms with E-state index in [1.165, 1.54) is 12.1 Å². The van der Waals surface area contributed by atoms with Crippen molar-refractivity contribution in [3.63, 3.8) is 0 Å². The summed E-state index contributed by atoms with van der Waals surface area (Å²) in [5.74, 6) is -2.51. The number of hydrogen-bond acceptors (Lipinski definition) is 4. The maximum Gasteiger partial charge on any atom is 0.336 e. The number of nitrogens with two attached hydrogens (primary N) is 1. The highest BCUT2D eigenvalue weighted by atomic mass is 28.4. The van der Waals surface area contributed by atoms with Crippen LogP contribution >= 0.6 is 0 Å². The van der Waals surface area contributed by atoms with Gasteiger partial charge in [-0.1, -0.05) is 20.8 Å². The summed E-state index contributed by atoms with van der Waals surface area (Å²) in [7, 11) is -1.81. The van der Waals surface area contributed by atoms with E-state index in [9.17, 15) is 19.8 Å². The molecular formula is C18H29NO5Si. The van der Waals surface area contributed by atoms with Gasteiger partial charge in [0.15, 0.2) is 8.32 Å². The van der Waals surface area contributed by atoms with Crippen LogP contribution in [-0.4, -0.2) is 37.1 Å². The Kier molecular flexibility index (Phi) is 6.93. The summed E-state index contributed by atoms with van der Waals surface area (Å²) >= 11 is 0. The summed E-state index contributed by atoms with van der Waals surface area (Å²) in [4.78, 5) is 22.6. The number of carbonyl (C=O) groups is 2. The lowest BCUT2D eigenvalue weighted by Gasteiger charge is -2.36. The van der Waals surface area contributed by atoms with Crippen LogP contribution in [0.3, 0.4) is 0 Å². The number of aryl methyl sites for hydroxylation is 1. The molecule has 0 fully saturated rings. The molecule has 1 aromatic carbocycles. The average molecular weight is 368 g/mol. The van der Waals surface area contributed by atoms with E-state index in [4.69, 9.17) is 10.2 Å². The third-order valence-electron chi connectivity index (χ3n) is 4.88. The summed E-state index contributed by atoms with van der Waals surface area (Å²) < 4.78 is 6.13. The fourth-order valence-corrected chi connectivity index (χ4v) is 3.36. The molecule has 0 heterocycles. The Bertz CT molecular complexity index is 650. The molecule has 0 aromatic heterocycles. The maximum absolute atomic E-state index is 11.3. The molecular weight excluding hydrogens is 338 g/mol. The Hall–Kier alpha value is -1.70. The summed E-state index contributed by atoms with van der Waals surface area (Å²) in [6.07, 6.45) is 1.33. The van der Waals surface area contributed by atoms with Gasteiger partial charge in [-0.25, -0.2) is 9.59 Å². The standard InChI is InChI=1S/C18H29NO5Si/c1-18(2,3)25(4,5)24-8-6-7-12-9-14(16(20)21)15(17(22)23)10-13(12)11-19/h9-10H,6-8,11,19H2,1-5H3,(H,20,21)(H,22,23). The molecule has 0 aliphatic heterocycles. The molecule has 0 saturated carbocycles. The van der Waals surface area contributed by atoms with Gasteiger partial charge in [0.1, 0.15) is 0 Å². The van der Waals surface area contributed by atoms with Gasteiger partial charge < -0.3 is 20.4 Å². The Morgan fingerprint density at radius 3 is 1.96 bits per heavy atom. The molecule has 0 atom stereocenters. The maximum atomic E-state index is 11.3. The van der Waals surface area contributed by atoms with Crippen LogP contribution in [0, 0.1) is 0 Å². The lowest BCUT2D eigenvalue weighted by molar-refractivity contribution is 0.0651. The average Bonchev–Trinajstić information content (AvgIpc) is 2.49. The molecule has 140 valence electrons. The summed E-state index contributed by atoms with van der Waals surface area (Å²) in [5.41, 5.74) is 6.71. The van der Waals surface area contributed by atoms with Gasteiger partial charge in [-0.05, 0) is 54.2 Å². The van der Waals surface area contributed by atoms with Gasteiger partial charge in [0.05, 0.1) is 11.1 Å². The predicted molar refractivity (Wildman–Crippen MR) is 99.7 cm³/mol. The molecule has 0 spiro atoms. The van der Waals surface area contributed by atoms with Gasteiger partial charge in [-0.3, -0.25) is 0 Å². The fourth-order valence-electron chi connectivity index (χ4n) is 2.27. The molecule has 0 radical (unpaired) electrons. The van der Waals surface area contributed by atoms with Crippen molar-refractivity contribution in [1.29, 1.82) is 0 Å². The van der Waals surface area contributed by atoms with Crippen molar-refractivity contribution in [3.05, 3.63) is 34.4 Å². The van der Waals surface area contributed by atoms with Crippen molar-refractivity contribution in [1.82, 2.24) is 0 Å². The van der Waals surface area contributed by atoms with Gasteiger partial charge in [-0.2, -0.15) is 0 Å². The molecule has 7 heteroatoms. The predicted octanol–water partition coefficient (Wildman–Crippen LogP) is 3.50. The van der Waals surface area contributed by atoms with E-state index in [1.54, 1.807) is 0 Å². The number of benzene rings is 1.